The van der Waals surface area contributed by atoms with Crippen molar-refractivity contribution in [3.63, 3.8) is 0 Å². The molecule has 0 bridgehead atoms. The minimum absolute atomic E-state index is 0.627. The predicted octanol–water partition coefficient (Wildman–Crippen LogP) is 9.28. The van der Waals surface area contributed by atoms with E-state index in [-0.39, 0.29) is 0 Å². The molecule has 0 fully saturated rings. The Morgan fingerprint density at radius 1 is 0.629 bits per heavy atom. The smallest absolute Gasteiger partial charge is 0.159 e. The second-order valence-electron chi connectivity index (χ2n) is 9.50. The summed E-state index contributed by atoms with van der Waals surface area (Å²) in [6.07, 6.45) is 13.4. The average Bonchev–Trinajstić information content (AvgIpc) is 2.93. The van der Waals surface area contributed by atoms with Crippen LogP contribution in [0.5, 0.6) is 0 Å². The Bertz CT molecular complexity index is 1120. The number of aryl methyl sites for hydroxylation is 1. The Kier molecular flexibility index (Phi) is 9.64. The summed E-state index contributed by atoms with van der Waals surface area (Å²) in [5, 5.41) is 0. The number of nitrogens with zero attached hydrogens (tertiary/aromatic N) is 2. The highest BCUT2D eigenvalue weighted by molar-refractivity contribution is 5.66. The van der Waals surface area contributed by atoms with Gasteiger partial charge in [0, 0.05) is 17.3 Å². The highest BCUT2D eigenvalue weighted by Crippen LogP contribution is 2.30. The zero-order valence-electron chi connectivity index (χ0n) is 21.1. The summed E-state index contributed by atoms with van der Waals surface area (Å²) in [6, 6.07) is 31.9. The van der Waals surface area contributed by atoms with E-state index >= 15 is 0 Å². The minimum atomic E-state index is 0.627. The van der Waals surface area contributed by atoms with Crippen LogP contribution < -0.4 is 0 Å². The van der Waals surface area contributed by atoms with Gasteiger partial charge in [-0.1, -0.05) is 130 Å². The lowest BCUT2D eigenvalue weighted by molar-refractivity contribution is 0.507. The largest absolute Gasteiger partial charge is 0.236 e. The van der Waals surface area contributed by atoms with Crippen LogP contribution in [0, 0.1) is 0 Å². The molecule has 0 spiro atoms. The Hall–Kier alpha value is -3.26. The van der Waals surface area contributed by atoms with Gasteiger partial charge in [0.25, 0.3) is 0 Å². The first kappa shape index (κ1) is 24.9. The van der Waals surface area contributed by atoms with Crippen molar-refractivity contribution >= 4 is 0 Å². The normalized spacial score (nSPS) is 11.9. The SMILES string of the molecule is CCCCCCCC(CCCc1cnc(-c2ccccc2)nc1-c1ccccc1)c1ccccc1. The minimum Gasteiger partial charge on any atom is -0.236 e. The molecule has 3 aromatic carbocycles. The lowest BCUT2D eigenvalue weighted by atomic mass is 9.88. The van der Waals surface area contributed by atoms with Gasteiger partial charge in [0.15, 0.2) is 5.82 Å². The van der Waals surface area contributed by atoms with Crippen molar-refractivity contribution < 1.29 is 0 Å². The van der Waals surface area contributed by atoms with Crippen molar-refractivity contribution in [2.45, 2.75) is 70.6 Å². The second-order valence-corrected chi connectivity index (χ2v) is 9.50. The molecule has 4 aromatic rings. The third-order valence-electron chi connectivity index (χ3n) is 6.87. The molecule has 0 aliphatic carbocycles. The molecule has 0 radical (unpaired) electrons. The molecule has 35 heavy (non-hydrogen) atoms. The lowest BCUT2D eigenvalue weighted by Gasteiger charge is -2.18. The topological polar surface area (TPSA) is 25.8 Å². The first-order valence-electron chi connectivity index (χ1n) is 13.4. The molecular weight excluding hydrogens is 424 g/mol. The number of aromatic nitrogens is 2. The molecule has 0 amide bonds. The van der Waals surface area contributed by atoms with Crippen LogP contribution in [0.25, 0.3) is 22.6 Å². The van der Waals surface area contributed by atoms with E-state index in [1.165, 1.54) is 56.1 Å². The maximum absolute atomic E-state index is 5.04. The standard InChI is InChI=1S/C33H38N2/c1-2-3-4-5-9-17-28(27-18-10-6-11-19-27)24-16-25-31-26-34-33(30-22-14-8-15-23-30)35-32(31)29-20-12-7-13-21-29/h6-8,10-15,18-23,26,28H,2-5,9,16-17,24-25H2,1H3. The van der Waals surface area contributed by atoms with Crippen molar-refractivity contribution in [2.24, 2.45) is 0 Å². The molecule has 0 aliphatic heterocycles. The van der Waals surface area contributed by atoms with E-state index in [2.05, 4.69) is 85.9 Å². The van der Waals surface area contributed by atoms with E-state index in [0.717, 1.165) is 35.5 Å². The Morgan fingerprint density at radius 2 is 1.23 bits per heavy atom. The fraction of sp³-hybridized carbons (Fsp3) is 0.333. The summed E-state index contributed by atoms with van der Waals surface area (Å²) >= 11 is 0. The van der Waals surface area contributed by atoms with E-state index in [0.29, 0.717) is 5.92 Å². The third-order valence-corrected chi connectivity index (χ3v) is 6.87. The summed E-state index contributed by atoms with van der Waals surface area (Å²) in [7, 11) is 0. The first-order chi connectivity index (χ1) is 17.3. The molecule has 0 N–H and O–H groups in total. The third kappa shape index (κ3) is 7.36. The van der Waals surface area contributed by atoms with Gasteiger partial charge in [0.1, 0.15) is 0 Å². The van der Waals surface area contributed by atoms with Crippen LogP contribution >= 0.6 is 0 Å². The predicted molar refractivity (Wildman–Crippen MR) is 148 cm³/mol. The van der Waals surface area contributed by atoms with E-state index in [9.17, 15) is 0 Å². The Labute approximate surface area is 211 Å². The lowest BCUT2D eigenvalue weighted by Crippen LogP contribution is -2.03. The summed E-state index contributed by atoms with van der Waals surface area (Å²) in [6.45, 7) is 2.28. The summed E-state index contributed by atoms with van der Waals surface area (Å²) < 4.78 is 0. The Morgan fingerprint density at radius 3 is 1.91 bits per heavy atom. The highest BCUT2D eigenvalue weighted by atomic mass is 14.9. The molecule has 4 rings (SSSR count). The van der Waals surface area contributed by atoms with Crippen molar-refractivity contribution in [1.82, 2.24) is 9.97 Å². The van der Waals surface area contributed by atoms with Crippen LogP contribution in [-0.2, 0) is 6.42 Å². The molecule has 1 aromatic heterocycles. The van der Waals surface area contributed by atoms with Gasteiger partial charge in [-0.25, -0.2) is 9.97 Å². The molecule has 2 heteroatoms. The number of hydrogen-bond acceptors (Lipinski definition) is 2. The van der Waals surface area contributed by atoms with Crippen LogP contribution in [0.4, 0.5) is 0 Å². The summed E-state index contributed by atoms with van der Waals surface area (Å²) in [5.74, 6) is 1.42. The molecule has 0 saturated heterocycles. The van der Waals surface area contributed by atoms with Crippen LogP contribution in [-0.4, -0.2) is 9.97 Å². The Balaban J connectivity index is 1.48. The number of rotatable bonds is 13. The quantitative estimate of drug-likeness (QED) is 0.185. The van der Waals surface area contributed by atoms with Gasteiger partial charge in [-0.05, 0) is 42.7 Å². The monoisotopic (exact) mass is 462 g/mol. The zero-order valence-corrected chi connectivity index (χ0v) is 21.1. The summed E-state index contributed by atoms with van der Waals surface area (Å²) in [4.78, 5) is 9.79. The first-order valence-corrected chi connectivity index (χ1v) is 13.4. The molecule has 0 saturated carbocycles. The molecule has 0 aliphatic rings. The van der Waals surface area contributed by atoms with E-state index in [1.54, 1.807) is 0 Å². The maximum Gasteiger partial charge on any atom is 0.159 e. The zero-order chi connectivity index (χ0) is 24.1. The highest BCUT2D eigenvalue weighted by Gasteiger charge is 2.14. The molecule has 1 unspecified atom stereocenters. The van der Waals surface area contributed by atoms with Crippen LogP contribution in [0.1, 0.15) is 75.3 Å². The summed E-state index contributed by atoms with van der Waals surface area (Å²) in [5.41, 5.74) is 6.02. The van der Waals surface area contributed by atoms with Crippen LogP contribution in [0.3, 0.4) is 0 Å². The number of hydrogen-bond donors (Lipinski definition) is 0. The fourth-order valence-corrected chi connectivity index (χ4v) is 4.90. The molecular formula is C33H38N2. The van der Waals surface area contributed by atoms with Gasteiger partial charge in [0.05, 0.1) is 5.69 Å². The van der Waals surface area contributed by atoms with Gasteiger partial charge < -0.3 is 0 Å². The average molecular weight is 463 g/mol. The van der Waals surface area contributed by atoms with Crippen molar-refractivity contribution in [3.05, 3.63) is 108 Å². The van der Waals surface area contributed by atoms with Gasteiger partial charge in [-0.15, -0.1) is 0 Å². The van der Waals surface area contributed by atoms with E-state index < -0.39 is 0 Å². The molecule has 2 nitrogen and oxygen atoms in total. The number of unbranched alkanes of at least 4 members (excludes halogenated alkanes) is 4. The van der Waals surface area contributed by atoms with Crippen molar-refractivity contribution in [3.8, 4) is 22.6 Å². The van der Waals surface area contributed by atoms with Gasteiger partial charge in [-0.3, -0.25) is 0 Å². The van der Waals surface area contributed by atoms with E-state index in [1.807, 2.05) is 18.2 Å². The molecule has 180 valence electrons. The second kappa shape index (κ2) is 13.6. The van der Waals surface area contributed by atoms with Gasteiger partial charge >= 0.3 is 0 Å². The molecule has 1 heterocycles. The van der Waals surface area contributed by atoms with Crippen molar-refractivity contribution in [2.75, 3.05) is 0 Å². The van der Waals surface area contributed by atoms with Crippen LogP contribution in [0.15, 0.2) is 97.2 Å². The van der Waals surface area contributed by atoms with Crippen molar-refractivity contribution in [1.29, 1.82) is 0 Å². The maximum atomic E-state index is 5.04. The number of benzene rings is 3. The molecule has 1 atom stereocenters. The van der Waals surface area contributed by atoms with Crippen LogP contribution in [0.2, 0.25) is 0 Å². The fourth-order valence-electron chi connectivity index (χ4n) is 4.90. The van der Waals surface area contributed by atoms with Gasteiger partial charge in [0.2, 0.25) is 0 Å². The van der Waals surface area contributed by atoms with Gasteiger partial charge in [-0.2, -0.15) is 0 Å². The van der Waals surface area contributed by atoms with E-state index in [4.69, 9.17) is 9.97 Å².